The molecule has 0 aromatic heterocycles. The van der Waals surface area contributed by atoms with Crippen molar-refractivity contribution >= 4 is 11.6 Å². The second-order valence-electron chi connectivity index (χ2n) is 3.51. The molecule has 0 heterocycles. The second kappa shape index (κ2) is 5.76. The van der Waals surface area contributed by atoms with E-state index in [9.17, 15) is 4.79 Å². The summed E-state index contributed by atoms with van der Waals surface area (Å²) in [6.07, 6.45) is 1.35. The van der Waals surface area contributed by atoms with Gasteiger partial charge in [0.1, 0.15) is 11.7 Å². The maximum Gasteiger partial charge on any atom is 0.241 e. The lowest BCUT2D eigenvalue weighted by Gasteiger charge is -2.08. The van der Waals surface area contributed by atoms with E-state index in [0.29, 0.717) is 12.1 Å². The van der Waals surface area contributed by atoms with Gasteiger partial charge in [-0.15, -0.1) is 0 Å². The Kier molecular flexibility index (Phi) is 4.34. The van der Waals surface area contributed by atoms with Crippen molar-refractivity contribution in [2.45, 2.75) is 19.8 Å². The van der Waals surface area contributed by atoms with E-state index in [2.05, 4.69) is 5.32 Å². The largest absolute Gasteiger partial charge is 0.508 e. The minimum Gasteiger partial charge on any atom is -0.508 e. The van der Waals surface area contributed by atoms with Crippen LogP contribution in [0.1, 0.15) is 19.8 Å². The first-order chi connectivity index (χ1) is 7.67. The molecule has 1 amide bonds. The molecule has 0 aliphatic rings. The number of nitriles is 1. The summed E-state index contributed by atoms with van der Waals surface area (Å²) in [7, 11) is 0. The van der Waals surface area contributed by atoms with Gasteiger partial charge in [-0.1, -0.05) is 13.3 Å². The molecule has 1 aromatic carbocycles. The zero-order valence-electron chi connectivity index (χ0n) is 9.10. The number of aromatic hydroxyl groups is 1. The average molecular weight is 218 g/mol. The van der Waals surface area contributed by atoms with Gasteiger partial charge >= 0.3 is 0 Å². The van der Waals surface area contributed by atoms with Gasteiger partial charge in [-0.3, -0.25) is 4.79 Å². The minimum absolute atomic E-state index is 0.142. The summed E-state index contributed by atoms with van der Waals surface area (Å²) in [4.78, 5) is 11.6. The molecular formula is C12H14N2O2. The summed E-state index contributed by atoms with van der Waals surface area (Å²) in [6, 6.07) is 8.12. The first kappa shape index (κ1) is 12.1. The number of benzene rings is 1. The Balaban J connectivity index is 2.63. The molecule has 4 heteroatoms. The summed E-state index contributed by atoms with van der Waals surface area (Å²) in [5.41, 5.74) is 0.583. The van der Waals surface area contributed by atoms with Gasteiger partial charge < -0.3 is 10.4 Å². The fourth-order valence-electron chi connectivity index (χ4n) is 1.32. The first-order valence-electron chi connectivity index (χ1n) is 5.17. The summed E-state index contributed by atoms with van der Waals surface area (Å²) >= 11 is 0. The number of carbonyl (C=O) groups excluding carboxylic acids is 1. The molecule has 4 nitrogen and oxygen atoms in total. The van der Waals surface area contributed by atoms with Gasteiger partial charge in [0.05, 0.1) is 6.07 Å². The van der Waals surface area contributed by atoms with Crippen molar-refractivity contribution in [3.8, 4) is 11.8 Å². The van der Waals surface area contributed by atoms with Crippen LogP contribution in [-0.2, 0) is 4.79 Å². The maximum absolute atomic E-state index is 11.6. The Morgan fingerprint density at radius 2 is 2.12 bits per heavy atom. The highest BCUT2D eigenvalue weighted by Crippen LogP contribution is 2.15. The predicted molar refractivity (Wildman–Crippen MR) is 60.7 cm³/mol. The third-order valence-electron chi connectivity index (χ3n) is 2.18. The smallest absolute Gasteiger partial charge is 0.241 e. The van der Waals surface area contributed by atoms with Gasteiger partial charge in [0.2, 0.25) is 5.91 Å². The van der Waals surface area contributed by atoms with E-state index in [1.165, 1.54) is 12.1 Å². The van der Waals surface area contributed by atoms with Crippen LogP contribution in [0.3, 0.4) is 0 Å². The van der Waals surface area contributed by atoms with Crippen molar-refractivity contribution in [2.24, 2.45) is 5.92 Å². The van der Waals surface area contributed by atoms with Crippen molar-refractivity contribution in [3.05, 3.63) is 24.3 Å². The number of carbonyl (C=O) groups is 1. The van der Waals surface area contributed by atoms with Crippen LogP contribution < -0.4 is 5.32 Å². The SMILES string of the molecule is CCCC(C#N)C(=O)Nc1ccc(O)cc1. The summed E-state index contributed by atoms with van der Waals surface area (Å²) in [5.74, 6) is -0.766. The molecule has 0 bridgehead atoms. The van der Waals surface area contributed by atoms with Crippen LogP contribution in [-0.4, -0.2) is 11.0 Å². The number of hydrogen-bond donors (Lipinski definition) is 2. The molecule has 0 fully saturated rings. The second-order valence-corrected chi connectivity index (χ2v) is 3.51. The molecule has 0 saturated carbocycles. The predicted octanol–water partition coefficient (Wildman–Crippen LogP) is 2.27. The number of phenols is 1. The number of amides is 1. The molecule has 0 spiro atoms. The zero-order chi connectivity index (χ0) is 12.0. The molecule has 16 heavy (non-hydrogen) atoms. The molecule has 0 aliphatic carbocycles. The summed E-state index contributed by atoms with van der Waals surface area (Å²) in [5, 5.41) is 20.5. The van der Waals surface area contributed by atoms with Crippen molar-refractivity contribution in [2.75, 3.05) is 5.32 Å². The normalized spacial score (nSPS) is 11.5. The lowest BCUT2D eigenvalue weighted by atomic mass is 10.0. The van der Waals surface area contributed by atoms with E-state index in [1.807, 2.05) is 13.0 Å². The van der Waals surface area contributed by atoms with Crippen LogP contribution in [0.5, 0.6) is 5.75 Å². The third-order valence-corrected chi connectivity index (χ3v) is 2.18. The minimum atomic E-state index is -0.612. The monoisotopic (exact) mass is 218 g/mol. The van der Waals surface area contributed by atoms with Crippen molar-refractivity contribution in [1.82, 2.24) is 0 Å². The molecule has 84 valence electrons. The summed E-state index contributed by atoms with van der Waals surface area (Å²) < 4.78 is 0. The van der Waals surface area contributed by atoms with E-state index in [1.54, 1.807) is 12.1 Å². The van der Waals surface area contributed by atoms with Gasteiger partial charge in [0.15, 0.2) is 0 Å². The topological polar surface area (TPSA) is 73.1 Å². The fraction of sp³-hybridized carbons (Fsp3) is 0.333. The van der Waals surface area contributed by atoms with Gasteiger partial charge in [0, 0.05) is 5.69 Å². The van der Waals surface area contributed by atoms with Crippen molar-refractivity contribution < 1.29 is 9.90 Å². The van der Waals surface area contributed by atoms with Crippen LogP contribution in [0.25, 0.3) is 0 Å². The van der Waals surface area contributed by atoms with Crippen molar-refractivity contribution in [1.29, 1.82) is 5.26 Å². The quantitative estimate of drug-likeness (QED) is 0.761. The molecule has 1 rings (SSSR count). The standard InChI is InChI=1S/C12H14N2O2/c1-2-3-9(8-13)12(16)14-10-4-6-11(15)7-5-10/h4-7,9,15H,2-3H2,1H3,(H,14,16). The highest BCUT2D eigenvalue weighted by molar-refractivity contribution is 5.94. The number of nitrogens with zero attached hydrogens (tertiary/aromatic N) is 1. The zero-order valence-corrected chi connectivity index (χ0v) is 9.10. The number of nitrogens with one attached hydrogen (secondary N) is 1. The van der Waals surface area contributed by atoms with E-state index in [4.69, 9.17) is 10.4 Å². The first-order valence-corrected chi connectivity index (χ1v) is 5.17. The highest BCUT2D eigenvalue weighted by atomic mass is 16.3. The molecular weight excluding hydrogens is 204 g/mol. The van der Waals surface area contributed by atoms with E-state index >= 15 is 0 Å². The van der Waals surface area contributed by atoms with E-state index < -0.39 is 5.92 Å². The molecule has 1 unspecified atom stereocenters. The Morgan fingerprint density at radius 1 is 1.50 bits per heavy atom. The van der Waals surface area contributed by atoms with Crippen LogP contribution >= 0.6 is 0 Å². The van der Waals surface area contributed by atoms with Gasteiger partial charge in [-0.25, -0.2) is 0 Å². The molecule has 0 radical (unpaired) electrons. The van der Waals surface area contributed by atoms with E-state index in [-0.39, 0.29) is 11.7 Å². The molecule has 1 aromatic rings. The number of rotatable bonds is 4. The van der Waals surface area contributed by atoms with Crippen LogP contribution in [0.15, 0.2) is 24.3 Å². The third kappa shape index (κ3) is 3.28. The van der Waals surface area contributed by atoms with Crippen LogP contribution in [0.4, 0.5) is 5.69 Å². The fourth-order valence-corrected chi connectivity index (χ4v) is 1.32. The van der Waals surface area contributed by atoms with Crippen LogP contribution in [0.2, 0.25) is 0 Å². The number of hydrogen-bond acceptors (Lipinski definition) is 3. The number of phenolic OH excluding ortho intramolecular Hbond substituents is 1. The maximum atomic E-state index is 11.6. The van der Waals surface area contributed by atoms with Crippen molar-refractivity contribution in [3.63, 3.8) is 0 Å². The summed E-state index contributed by atoms with van der Waals surface area (Å²) in [6.45, 7) is 1.93. The lowest BCUT2D eigenvalue weighted by molar-refractivity contribution is -0.118. The molecule has 1 atom stereocenters. The Bertz CT molecular complexity index is 392. The average Bonchev–Trinajstić information content (AvgIpc) is 2.29. The molecule has 0 aliphatic heterocycles. The Labute approximate surface area is 94.5 Å². The van der Waals surface area contributed by atoms with Gasteiger partial charge in [0.25, 0.3) is 0 Å². The van der Waals surface area contributed by atoms with Gasteiger partial charge in [-0.05, 0) is 30.7 Å². The van der Waals surface area contributed by atoms with Crippen LogP contribution in [0, 0.1) is 17.2 Å². The Morgan fingerprint density at radius 3 is 2.62 bits per heavy atom. The Hall–Kier alpha value is -2.02. The lowest BCUT2D eigenvalue weighted by Crippen LogP contribution is -2.21. The van der Waals surface area contributed by atoms with Gasteiger partial charge in [-0.2, -0.15) is 5.26 Å². The van der Waals surface area contributed by atoms with E-state index in [0.717, 1.165) is 6.42 Å². The number of anilines is 1. The highest BCUT2D eigenvalue weighted by Gasteiger charge is 2.16. The molecule has 0 saturated heterocycles. The molecule has 2 N–H and O–H groups in total.